The minimum atomic E-state index is 0. The van der Waals surface area contributed by atoms with Gasteiger partial charge in [0.1, 0.15) is 0 Å². The third kappa shape index (κ3) is 2.56. The highest BCUT2D eigenvalue weighted by molar-refractivity contribution is 7.80. The van der Waals surface area contributed by atoms with Gasteiger partial charge in [0, 0.05) is 4.90 Å². The van der Waals surface area contributed by atoms with Crippen molar-refractivity contribution in [2.75, 3.05) is 0 Å². The van der Waals surface area contributed by atoms with E-state index in [2.05, 4.69) is 19.6 Å². The summed E-state index contributed by atoms with van der Waals surface area (Å²) < 4.78 is 0. The van der Waals surface area contributed by atoms with Gasteiger partial charge in [-0.3, -0.25) is 0 Å². The van der Waals surface area contributed by atoms with Crippen molar-refractivity contribution in [1.29, 1.82) is 0 Å². The lowest BCUT2D eigenvalue weighted by Crippen LogP contribution is -1.67. The zero-order valence-electron chi connectivity index (χ0n) is 4.76. The van der Waals surface area contributed by atoms with Crippen molar-refractivity contribution >= 4 is 12.6 Å². The maximum absolute atomic E-state index is 4.13. The van der Waals surface area contributed by atoms with Crippen molar-refractivity contribution in [1.82, 2.24) is 0 Å². The Labute approximate surface area is 62.3 Å². The molecule has 1 aromatic carbocycles. The molecular weight excluding hydrogens is 128 g/mol. The molecule has 0 fully saturated rings. The van der Waals surface area contributed by atoms with E-state index in [0.29, 0.717) is 0 Å². The second-order valence-electron chi connectivity index (χ2n) is 1.84. The summed E-state index contributed by atoms with van der Waals surface area (Å²) in [5.41, 5.74) is 1.28. The molecule has 1 rings (SSSR count). The standard InChI is InChI=1S/C7H8S.CH4/c1-6-2-4-7(8)5-3-6;/h2-5,8H,1H3;1H4. The van der Waals surface area contributed by atoms with E-state index in [0.717, 1.165) is 4.90 Å². The third-order valence-electron chi connectivity index (χ3n) is 1.03. The van der Waals surface area contributed by atoms with Crippen LogP contribution in [0.2, 0.25) is 0 Å². The monoisotopic (exact) mass is 140 g/mol. The Morgan fingerprint density at radius 1 is 1.11 bits per heavy atom. The normalized spacial score (nSPS) is 8.22. The highest BCUT2D eigenvalue weighted by Crippen LogP contribution is 2.05. The SMILES string of the molecule is C.Cc1ccc(S)cc1. The average molecular weight is 140 g/mol. The number of hydrogen-bond acceptors (Lipinski definition) is 1. The largest absolute Gasteiger partial charge is 0.143 e. The number of aryl methyl sites for hydroxylation is 1. The minimum Gasteiger partial charge on any atom is -0.143 e. The first-order valence-corrected chi connectivity index (χ1v) is 2.99. The molecule has 0 unspecified atom stereocenters. The zero-order valence-corrected chi connectivity index (χ0v) is 5.65. The maximum atomic E-state index is 4.13. The Morgan fingerprint density at radius 2 is 1.56 bits per heavy atom. The van der Waals surface area contributed by atoms with E-state index in [1.54, 1.807) is 0 Å². The first-order chi connectivity index (χ1) is 3.79. The molecule has 0 aliphatic heterocycles. The molecule has 0 amide bonds. The Bertz CT molecular complexity index is 143. The molecule has 9 heavy (non-hydrogen) atoms. The number of thiol groups is 1. The Hall–Kier alpha value is -0.430. The summed E-state index contributed by atoms with van der Waals surface area (Å²) in [5.74, 6) is 0. The van der Waals surface area contributed by atoms with Crippen LogP contribution in [-0.4, -0.2) is 0 Å². The summed E-state index contributed by atoms with van der Waals surface area (Å²) in [7, 11) is 0. The third-order valence-corrected chi connectivity index (χ3v) is 1.33. The molecule has 0 aromatic heterocycles. The second-order valence-corrected chi connectivity index (χ2v) is 2.35. The first kappa shape index (κ1) is 8.57. The van der Waals surface area contributed by atoms with Crippen molar-refractivity contribution in [2.45, 2.75) is 19.2 Å². The molecule has 0 heterocycles. The summed E-state index contributed by atoms with van der Waals surface area (Å²) in [6.45, 7) is 2.06. The quantitative estimate of drug-likeness (QED) is 0.526. The van der Waals surface area contributed by atoms with Crippen molar-refractivity contribution in [3.63, 3.8) is 0 Å². The highest BCUT2D eigenvalue weighted by atomic mass is 32.1. The van der Waals surface area contributed by atoms with E-state index < -0.39 is 0 Å². The highest BCUT2D eigenvalue weighted by Gasteiger charge is 1.80. The molecule has 0 N–H and O–H groups in total. The molecule has 1 heteroatoms. The fraction of sp³-hybridized carbons (Fsp3) is 0.250. The van der Waals surface area contributed by atoms with Gasteiger partial charge in [0.05, 0.1) is 0 Å². The van der Waals surface area contributed by atoms with Crippen LogP contribution in [0.25, 0.3) is 0 Å². The van der Waals surface area contributed by atoms with Gasteiger partial charge in [-0.15, -0.1) is 12.6 Å². The smallest absolute Gasteiger partial charge is 0.00401 e. The molecule has 0 spiro atoms. The topological polar surface area (TPSA) is 0 Å². The van der Waals surface area contributed by atoms with Crippen molar-refractivity contribution in [3.8, 4) is 0 Å². The van der Waals surface area contributed by atoms with Gasteiger partial charge in [0.25, 0.3) is 0 Å². The Kier molecular flexibility index (Phi) is 3.40. The lowest BCUT2D eigenvalue weighted by atomic mass is 10.2. The Morgan fingerprint density at radius 3 is 1.89 bits per heavy atom. The summed E-state index contributed by atoms with van der Waals surface area (Å²) in [6.07, 6.45) is 0. The van der Waals surface area contributed by atoms with Gasteiger partial charge in [-0.25, -0.2) is 0 Å². The summed E-state index contributed by atoms with van der Waals surface area (Å²) in [4.78, 5) is 1.02. The molecule has 0 saturated heterocycles. The molecule has 1 aromatic rings. The van der Waals surface area contributed by atoms with Gasteiger partial charge in [0.2, 0.25) is 0 Å². The summed E-state index contributed by atoms with van der Waals surface area (Å²) in [5, 5.41) is 0. The first-order valence-electron chi connectivity index (χ1n) is 2.54. The van der Waals surface area contributed by atoms with E-state index in [1.165, 1.54) is 5.56 Å². The predicted molar refractivity (Wildman–Crippen MR) is 45.2 cm³/mol. The van der Waals surface area contributed by atoms with Crippen LogP contribution >= 0.6 is 12.6 Å². The molecule has 0 atom stereocenters. The van der Waals surface area contributed by atoms with Crippen LogP contribution in [-0.2, 0) is 0 Å². The van der Waals surface area contributed by atoms with E-state index in [1.807, 2.05) is 24.3 Å². The van der Waals surface area contributed by atoms with E-state index in [9.17, 15) is 0 Å². The zero-order chi connectivity index (χ0) is 5.98. The lowest BCUT2D eigenvalue weighted by molar-refractivity contribution is 1.39. The molecular formula is C8H12S. The maximum Gasteiger partial charge on any atom is 0.00401 e. The molecule has 0 aliphatic carbocycles. The number of hydrogen-bond donors (Lipinski definition) is 1. The summed E-state index contributed by atoms with van der Waals surface area (Å²) in [6, 6.07) is 8.06. The van der Waals surface area contributed by atoms with Crippen LogP contribution in [0, 0.1) is 6.92 Å². The van der Waals surface area contributed by atoms with Gasteiger partial charge in [-0.1, -0.05) is 25.1 Å². The second kappa shape index (κ2) is 3.57. The van der Waals surface area contributed by atoms with Crippen LogP contribution in [0.15, 0.2) is 29.2 Å². The predicted octanol–water partition coefficient (Wildman–Crippen LogP) is 2.92. The van der Waals surface area contributed by atoms with Crippen LogP contribution in [0.1, 0.15) is 13.0 Å². The van der Waals surface area contributed by atoms with E-state index in [4.69, 9.17) is 0 Å². The van der Waals surface area contributed by atoms with E-state index in [-0.39, 0.29) is 7.43 Å². The molecule has 0 saturated carbocycles. The fourth-order valence-corrected chi connectivity index (χ4v) is 0.694. The molecule has 0 bridgehead atoms. The molecule has 0 radical (unpaired) electrons. The van der Waals surface area contributed by atoms with Gasteiger partial charge >= 0.3 is 0 Å². The van der Waals surface area contributed by atoms with Crippen LogP contribution in [0.5, 0.6) is 0 Å². The van der Waals surface area contributed by atoms with Gasteiger partial charge in [0.15, 0.2) is 0 Å². The van der Waals surface area contributed by atoms with Crippen molar-refractivity contribution in [3.05, 3.63) is 29.8 Å². The summed E-state index contributed by atoms with van der Waals surface area (Å²) >= 11 is 4.13. The number of rotatable bonds is 0. The van der Waals surface area contributed by atoms with Crippen molar-refractivity contribution in [2.24, 2.45) is 0 Å². The minimum absolute atomic E-state index is 0. The number of benzene rings is 1. The van der Waals surface area contributed by atoms with Crippen molar-refractivity contribution < 1.29 is 0 Å². The van der Waals surface area contributed by atoms with Gasteiger partial charge in [-0.2, -0.15) is 0 Å². The fourth-order valence-electron chi connectivity index (χ4n) is 0.545. The molecule has 0 nitrogen and oxygen atoms in total. The average Bonchev–Trinajstić information content (AvgIpc) is 1.77. The van der Waals surface area contributed by atoms with Gasteiger partial charge in [-0.05, 0) is 19.1 Å². The van der Waals surface area contributed by atoms with Gasteiger partial charge < -0.3 is 0 Å². The molecule has 50 valence electrons. The van der Waals surface area contributed by atoms with E-state index >= 15 is 0 Å². The Balaban J connectivity index is 0.000000640. The van der Waals surface area contributed by atoms with Crippen LogP contribution in [0.3, 0.4) is 0 Å². The van der Waals surface area contributed by atoms with Crippen LogP contribution < -0.4 is 0 Å². The van der Waals surface area contributed by atoms with Crippen LogP contribution in [0.4, 0.5) is 0 Å². The lowest BCUT2D eigenvalue weighted by Gasteiger charge is -1.89. The molecule has 0 aliphatic rings.